The van der Waals surface area contributed by atoms with E-state index in [1.54, 1.807) is 24.3 Å². The van der Waals surface area contributed by atoms with Gasteiger partial charge < -0.3 is 14.7 Å². The Labute approximate surface area is 214 Å². The number of ketones is 1. The molecular formula is C28H26ClFN2O4. The van der Waals surface area contributed by atoms with Crippen molar-refractivity contribution >= 4 is 40.4 Å². The van der Waals surface area contributed by atoms with Gasteiger partial charge in [0.25, 0.3) is 11.7 Å². The molecule has 6 nitrogen and oxygen atoms in total. The molecule has 1 amide bonds. The number of ether oxygens (including phenoxy) is 1. The lowest BCUT2D eigenvalue weighted by atomic mass is 9.94. The molecule has 1 unspecified atom stereocenters. The Morgan fingerprint density at radius 1 is 1.06 bits per heavy atom. The second-order valence-corrected chi connectivity index (χ2v) is 8.69. The Morgan fingerprint density at radius 2 is 1.75 bits per heavy atom. The number of benzene rings is 3. The first-order valence-electron chi connectivity index (χ1n) is 11.6. The molecule has 0 bridgehead atoms. The number of hydrogen-bond acceptors (Lipinski definition) is 5. The Morgan fingerprint density at radius 3 is 2.36 bits per heavy atom. The third-order valence-corrected chi connectivity index (χ3v) is 6.52. The Kier molecular flexibility index (Phi) is 7.31. The van der Waals surface area contributed by atoms with E-state index in [0.717, 1.165) is 24.8 Å². The van der Waals surface area contributed by atoms with Crippen LogP contribution >= 0.6 is 11.6 Å². The van der Waals surface area contributed by atoms with Gasteiger partial charge in [-0.15, -0.1) is 0 Å². The van der Waals surface area contributed by atoms with E-state index < -0.39 is 29.3 Å². The summed E-state index contributed by atoms with van der Waals surface area (Å²) in [5.41, 5.74) is 1.79. The summed E-state index contributed by atoms with van der Waals surface area (Å²) in [6.45, 7) is 5.74. The Hall–Kier alpha value is -3.84. The lowest BCUT2D eigenvalue weighted by molar-refractivity contribution is -0.132. The summed E-state index contributed by atoms with van der Waals surface area (Å²) in [7, 11) is 1.37. The van der Waals surface area contributed by atoms with E-state index in [4.69, 9.17) is 16.3 Å². The highest BCUT2D eigenvalue weighted by Crippen LogP contribution is 2.44. The van der Waals surface area contributed by atoms with E-state index in [0.29, 0.717) is 16.3 Å². The number of aliphatic hydroxyl groups is 1. The zero-order valence-electron chi connectivity index (χ0n) is 20.2. The lowest BCUT2D eigenvalue weighted by Crippen LogP contribution is -2.29. The standard InChI is InChI=1S/C28H26ClFN2O4/c1-4-31(5-2)20-12-9-17(10-13-20)25-24(26(33)22-16-19(30)11-14-23(22)36-3)27(34)28(35)32(25)21-8-6-7-18(29)15-21/h6-16,25,33H,4-5H2,1-3H3/b26-24+. The van der Waals surface area contributed by atoms with Crippen LogP contribution in [0.4, 0.5) is 15.8 Å². The molecule has 1 aliphatic heterocycles. The number of anilines is 2. The van der Waals surface area contributed by atoms with Crippen LogP contribution in [-0.2, 0) is 9.59 Å². The first-order chi connectivity index (χ1) is 17.3. The normalized spacial score (nSPS) is 16.9. The van der Waals surface area contributed by atoms with Crippen molar-refractivity contribution in [3.8, 4) is 5.75 Å². The van der Waals surface area contributed by atoms with Crippen LogP contribution < -0.4 is 14.5 Å². The number of aliphatic hydroxyl groups excluding tert-OH is 1. The van der Waals surface area contributed by atoms with E-state index in [-0.39, 0.29) is 16.9 Å². The van der Waals surface area contributed by atoms with Gasteiger partial charge in [-0.25, -0.2) is 4.39 Å². The first-order valence-corrected chi connectivity index (χ1v) is 11.9. The molecule has 1 atom stereocenters. The van der Waals surface area contributed by atoms with E-state index in [2.05, 4.69) is 18.7 Å². The van der Waals surface area contributed by atoms with E-state index in [9.17, 15) is 19.1 Å². The predicted octanol–water partition coefficient (Wildman–Crippen LogP) is 5.96. The Bertz CT molecular complexity index is 1340. The van der Waals surface area contributed by atoms with Crippen LogP contribution in [0.5, 0.6) is 5.75 Å². The summed E-state index contributed by atoms with van der Waals surface area (Å²) in [6, 6.07) is 16.7. The molecule has 3 aromatic rings. The zero-order valence-corrected chi connectivity index (χ0v) is 20.9. The number of nitrogens with zero attached hydrogens (tertiary/aromatic N) is 2. The van der Waals surface area contributed by atoms with Crippen LogP contribution in [0.1, 0.15) is 31.0 Å². The van der Waals surface area contributed by atoms with Gasteiger partial charge in [-0.05, 0) is 67.9 Å². The van der Waals surface area contributed by atoms with Gasteiger partial charge >= 0.3 is 0 Å². The maximum absolute atomic E-state index is 14.1. The minimum atomic E-state index is -0.970. The number of hydrogen-bond donors (Lipinski definition) is 1. The summed E-state index contributed by atoms with van der Waals surface area (Å²) in [5.74, 6) is -2.70. The summed E-state index contributed by atoms with van der Waals surface area (Å²) < 4.78 is 19.4. The van der Waals surface area contributed by atoms with Crippen molar-refractivity contribution in [3.63, 3.8) is 0 Å². The van der Waals surface area contributed by atoms with Crippen molar-refractivity contribution in [2.45, 2.75) is 19.9 Å². The fourth-order valence-electron chi connectivity index (χ4n) is 4.51. The minimum absolute atomic E-state index is 0.0219. The second-order valence-electron chi connectivity index (χ2n) is 8.26. The topological polar surface area (TPSA) is 70.1 Å². The molecule has 0 aliphatic carbocycles. The van der Waals surface area contributed by atoms with E-state index >= 15 is 0 Å². The van der Waals surface area contributed by atoms with Crippen LogP contribution in [-0.4, -0.2) is 37.0 Å². The average molecular weight is 509 g/mol. The summed E-state index contributed by atoms with van der Waals surface area (Å²) in [6.07, 6.45) is 0. The van der Waals surface area contributed by atoms with Gasteiger partial charge in [-0.1, -0.05) is 29.8 Å². The van der Waals surface area contributed by atoms with Crippen molar-refractivity contribution in [1.29, 1.82) is 0 Å². The molecule has 0 saturated carbocycles. The smallest absolute Gasteiger partial charge is 0.300 e. The predicted molar refractivity (Wildman–Crippen MR) is 139 cm³/mol. The molecule has 0 spiro atoms. The highest BCUT2D eigenvalue weighted by Gasteiger charge is 2.47. The molecule has 36 heavy (non-hydrogen) atoms. The largest absolute Gasteiger partial charge is 0.507 e. The number of methoxy groups -OCH3 is 1. The number of halogens is 2. The summed E-state index contributed by atoms with van der Waals surface area (Å²) >= 11 is 6.19. The van der Waals surface area contributed by atoms with Gasteiger partial charge in [0, 0.05) is 29.5 Å². The number of carbonyl (C=O) groups excluding carboxylic acids is 2. The quantitative estimate of drug-likeness (QED) is 0.242. The van der Waals surface area contributed by atoms with Crippen LogP contribution in [0.15, 0.2) is 72.3 Å². The van der Waals surface area contributed by atoms with Gasteiger partial charge in [0.05, 0.1) is 24.3 Å². The zero-order chi connectivity index (χ0) is 26.0. The van der Waals surface area contributed by atoms with E-state index in [1.165, 1.54) is 24.1 Å². The molecule has 1 saturated heterocycles. The van der Waals surface area contributed by atoms with Gasteiger partial charge in [-0.2, -0.15) is 0 Å². The highest BCUT2D eigenvalue weighted by molar-refractivity contribution is 6.51. The molecule has 1 aliphatic rings. The van der Waals surface area contributed by atoms with Crippen molar-refractivity contribution in [2.75, 3.05) is 30.0 Å². The van der Waals surface area contributed by atoms with Gasteiger partial charge in [0.2, 0.25) is 0 Å². The fraction of sp³-hybridized carbons (Fsp3) is 0.214. The molecule has 186 valence electrons. The maximum atomic E-state index is 14.1. The molecule has 4 rings (SSSR count). The van der Waals surface area contributed by atoms with Crippen LogP contribution in [0.25, 0.3) is 5.76 Å². The molecular weight excluding hydrogens is 483 g/mol. The maximum Gasteiger partial charge on any atom is 0.300 e. The summed E-state index contributed by atoms with van der Waals surface area (Å²) in [4.78, 5) is 30.1. The Balaban J connectivity index is 1.95. The minimum Gasteiger partial charge on any atom is -0.507 e. The number of carbonyl (C=O) groups is 2. The van der Waals surface area contributed by atoms with E-state index in [1.807, 2.05) is 24.3 Å². The molecule has 1 N–H and O–H groups in total. The van der Waals surface area contributed by atoms with Crippen LogP contribution in [0.3, 0.4) is 0 Å². The third-order valence-electron chi connectivity index (χ3n) is 6.28. The molecule has 3 aromatic carbocycles. The van der Waals surface area contributed by atoms with Crippen molar-refractivity contribution in [2.24, 2.45) is 0 Å². The van der Waals surface area contributed by atoms with Crippen molar-refractivity contribution in [1.82, 2.24) is 0 Å². The molecule has 1 heterocycles. The fourth-order valence-corrected chi connectivity index (χ4v) is 4.69. The van der Waals surface area contributed by atoms with Gasteiger partial charge in [0.1, 0.15) is 17.3 Å². The third kappa shape index (κ3) is 4.54. The highest BCUT2D eigenvalue weighted by atomic mass is 35.5. The first kappa shape index (κ1) is 25.3. The average Bonchev–Trinajstić information content (AvgIpc) is 3.15. The van der Waals surface area contributed by atoms with Crippen molar-refractivity contribution in [3.05, 3.63) is 94.3 Å². The second kappa shape index (κ2) is 10.4. The van der Waals surface area contributed by atoms with Gasteiger partial charge in [0.15, 0.2) is 0 Å². The number of amides is 1. The molecule has 0 radical (unpaired) electrons. The SMILES string of the molecule is CCN(CC)c1ccc(C2/C(=C(\O)c3cc(F)ccc3OC)C(=O)C(=O)N2c2cccc(Cl)c2)cc1. The number of Topliss-reactive ketones (excluding diaryl/α,β-unsaturated/α-hetero) is 1. The lowest BCUT2D eigenvalue weighted by Gasteiger charge is -2.27. The molecule has 0 aromatic heterocycles. The van der Waals surface area contributed by atoms with Gasteiger partial charge in [-0.3, -0.25) is 14.5 Å². The van der Waals surface area contributed by atoms with Crippen LogP contribution in [0.2, 0.25) is 5.02 Å². The monoisotopic (exact) mass is 508 g/mol. The number of rotatable bonds is 7. The molecule has 8 heteroatoms. The summed E-state index contributed by atoms with van der Waals surface area (Å²) in [5, 5.41) is 11.7. The van der Waals surface area contributed by atoms with Crippen LogP contribution in [0, 0.1) is 5.82 Å². The van der Waals surface area contributed by atoms with Crippen molar-refractivity contribution < 1.29 is 23.8 Å². The molecule has 1 fully saturated rings.